The zero-order valence-electron chi connectivity index (χ0n) is 74.3. The fourth-order valence-corrected chi connectivity index (χ4v) is 33.7. The molecule has 36 rings (SSSR count). The second-order valence-corrected chi connectivity index (χ2v) is 46.0. The molecule has 0 amide bonds. The topological polar surface area (TPSA) is 17.6 Å². The highest BCUT2D eigenvalue weighted by Gasteiger charge is 2.27. The molecule has 36 aromatic rings. The van der Waals surface area contributed by atoms with E-state index < -0.39 is 0 Å². The summed E-state index contributed by atoms with van der Waals surface area (Å²) in [5.74, 6) is 0. The van der Waals surface area contributed by atoms with Crippen molar-refractivity contribution in [3.63, 3.8) is 0 Å². The minimum Gasteiger partial charge on any atom is -0.315 e. The SMILES string of the molecule is c1ccc2c(c1)cn1c2c2cc3c(cc2c2ccc4sc5ccccc5c4c21)sc1ccccc13.c1ccc2c(c1)cn1c2c2cc3sc4ccccc4c3cc2c2ccc3sc4ccccc4c3c21.c1ccc2c(c1)cn1c3ccc4c5ccccc5sc4c3c3ccc4c5ccccc5sc4c3c21.c1ccc2c(c1)cn1c3ccc4c5ccccc5sc4c3c3ccc4sc5ccccc5c4c3c21. The predicted molar refractivity (Wildman–Crippen MR) is 623 cm³/mol. The molecule has 140 heavy (non-hydrogen) atoms. The minimum absolute atomic E-state index is 1.28. The van der Waals surface area contributed by atoms with Gasteiger partial charge in [0, 0.05) is 272 Å². The van der Waals surface area contributed by atoms with Gasteiger partial charge in [0.05, 0.1) is 44.1 Å². The summed E-state index contributed by atoms with van der Waals surface area (Å²) in [7, 11) is 0. The number of fused-ring (bicyclic) bond motifs is 62. The third-order valence-corrected chi connectivity index (χ3v) is 39.5. The van der Waals surface area contributed by atoms with Crippen LogP contribution < -0.4 is 0 Å². The van der Waals surface area contributed by atoms with Crippen molar-refractivity contribution >= 4 is 404 Å². The van der Waals surface area contributed by atoms with Crippen molar-refractivity contribution < 1.29 is 0 Å². The molecule has 0 aliphatic rings. The van der Waals surface area contributed by atoms with Gasteiger partial charge >= 0.3 is 0 Å². The highest BCUT2D eigenvalue weighted by molar-refractivity contribution is 7.29. The molecular formula is C128H68N4S8. The average molecular weight is 1920 g/mol. The highest BCUT2D eigenvalue weighted by Crippen LogP contribution is 2.55. The first-order valence-corrected chi connectivity index (χ1v) is 54.0. The fourth-order valence-electron chi connectivity index (χ4n) is 24.3. The molecule has 12 heteroatoms. The van der Waals surface area contributed by atoms with Crippen LogP contribution in [0.1, 0.15) is 0 Å². The van der Waals surface area contributed by atoms with E-state index in [4.69, 9.17) is 0 Å². The molecule has 0 fully saturated rings. The molecule has 0 bridgehead atoms. The molecule has 0 saturated carbocycles. The molecular weight excluding hydrogens is 1850 g/mol. The number of pyridine rings is 4. The Morgan fingerprint density at radius 2 is 0.379 bits per heavy atom. The Hall–Kier alpha value is -15.7. The maximum Gasteiger partial charge on any atom is 0.0628 e. The Morgan fingerprint density at radius 3 is 0.807 bits per heavy atom. The van der Waals surface area contributed by atoms with E-state index >= 15 is 0 Å². The summed E-state index contributed by atoms with van der Waals surface area (Å²) >= 11 is 15.2. The summed E-state index contributed by atoms with van der Waals surface area (Å²) in [6.07, 6.45) is 9.35. The lowest BCUT2D eigenvalue weighted by Gasteiger charge is -2.12. The average Bonchev–Trinajstić information content (AvgIpc) is 1.56. The van der Waals surface area contributed by atoms with E-state index in [1.54, 1.807) is 0 Å². The van der Waals surface area contributed by atoms with Crippen LogP contribution in [0.3, 0.4) is 0 Å². The van der Waals surface area contributed by atoms with E-state index in [-0.39, 0.29) is 0 Å². The van der Waals surface area contributed by atoms with Crippen LogP contribution in [0.2, 0.25) is 0 Å². The number of thiophene rings is 8. The smallest absolute Gasteiger partial charge is 0.0628 e. The number of nitrogens with zero attached hydrogens (tertiary/aromatic N) is 4. The first kappa shape index (κ1) is 77.4. The van der Waals surface area contributed by atoms with Crippen LogP contribution in [0.25, 0.3) is 313 Å². The lowest BCUT2D eigenvalue weighted by molar-refractivity contribution is 1.30. The van der Waals surface area contributed by atoms with Gasteiger partial charge in [0.15, 0.2) is 0 Å². The lowest BCUT2D eigenvalue weighted by Crippen LogP contribution is -1.90. The summed E-state index contributed by atoms with van der Waals surface area (Å²) < 4.78 is 31.6. The molecule has 648 valence electrons. The van der Waals surface area contributed by atoms with E-state index in [9.17, 15) is 0 Å². The van der Waals surface area contributed by atoms with Crippen molar-refractivity contribution in [3.05, 3.63) is 413 Å². The van der Waals surface area contributed by atoms with Crippen molar-refractivity contribution in [3.8, 4) is 0 Å². The molecule has 0 unspecified atom stereocenters. The van der Waals surface area contributed by atoms with Gasteiger partial charge in [-0.25, -0.2) is 0 Å². The Balaban J connectivity index is 0.0000000829. The van der Waals surface area contributed by atoms with Gasteiger partial charge in [-0.1, -0.05) is 285 Å². The third-order valence-electron chi connectivity index (χ3n) is 30.2. The van der Waals surface area contributed by atoms with Gasteiger partial charge in [0.25, 0.3) is 0 Å². The Bertz CT molecular complexity index is 12000. The van der Waals surface area contributed by atoms with Crippen LogP contribution in [0.5, 0.6) is 0 Å². The van der Waals surface area contributed by atoms with Crippen LogP contribution in [0, 0.1) is 0 Å². The molecule has 0 atom stereocenters. The first-order chi connectivity index (χ1) is 69.4. The van der Waals surface area contributed by atoms with Gasteiger partial charge in [0.1, 0.15) is 0 Å². The maximum atomic E-state index is 2.48. The van der Waals surface area contributed by atoms with Crippen LogP contribution in [0.4, 0.5) is 0 Å². The number of hydrogen-bond acceptors (Lipinski definition) is 8. The van der Waals surface area contributed by atoms with Crippen LogP contribution in [-0.4, -0.2) is 17.6 Å². The number of rotatable bonds is 0. The van der Waals surface area contributed by atoms with Crippen molar-refractivity contribution in [1.29, 1.82) is 0 Å². The standard InChI is InChI=1S/4C32H17NS2/c1-2-8-19-18(7-1)17-33-25-16-15-23-21-10-4-5-11-26(21)34-31(23)28(25)24-14-13-22-20-9-3-6-12-27(20)35-32(22)29(24)30(19)33;1-2-8-19-18(7-1)17-33-24-15-13-21-20-9-3-5-11-25(20)35-32(21)28(24)23-14-16-27-29(30(23)31(19)33)22-10-4-6-12-26(22)34-27;1-2-8-19-18(7-1)17-33-31(19)25-15-24-20-9-3-5-11-26(20)35-29(24)16-23(25)21-13-14-28-30(32(21)33)22-10-4-6-12-27(22)34-28;1-2-8-19-18(7-1)17-33-31(19)25-16-29-24(20-9-3-5-11-26(20)35-29)15-23(25)21-13-14-28-30(32(21)33)22-10-4-6-12-27(22)34-28/h4*1-17H. The molecule has 0 saturated heterocycles. The summed E-state index contributed by atoms with van der Waals surface area (Å²) in [5.41, 5.74) is 10.5. The summed E-state index contributed by atoms with van der Waals surface area (Å²) in [6, 6.07) is 144. The van der Waals surface area contributed by atoms with E-state index in [0.29, 0.717) is 0 Å². The van der Waals surface area contributed by atoms with Gasteiger partial charge in [-0.2, -0.15) is 0 Å². The van der Waals surface area contributed by atoms with E-state index in [1.807, 2.05) is 90.7 Å². The molecule has 0 aliphatic heterocycles. The summed E-state index contributed by atoms with van der Waals surface area (Å²) in [4.78, 5) is 0. The maximum absolute atomic E-state index is 2.48. The van der Waals surface area contributed by atoms with E-state index in [1.165, 1.54) is 313 Å². The second kappa shape index (κ2) is 29.0. The van der Waals surface area contributed by atoms with Gasteiger partial charge in [-0.15, -0.1) is 90.7 Å². The van der Waals surface area contributed by atoms with Gasteiger partial charge in [-0.05, 0) is 125 Å². The largest absolute Gasteiger partial charge is 0.315 e. The number of hydrogen-bond donors (Lipinski definition) is 0. The third kappa shape index (κ3) is 10.7. The Morgan fingerprint density at radius 1 is 0.121 bits per heavy atom. The van der Waals surface area contributed by atoms with Gasteiger partial charge in [0.2, 0.25) is 0 Å². The number of aromatic nitrogens is 4. The monoisotopic (exact) mass is 1920 g/mol. The fraction of sp³-hybridized carbons (Fsp3) is 0. The van der Waals surface area contributed by atoms with Crippen LogP contribution in [-0.2, 0) is 0 Å². The molecule has 4 nitrogen and oxygen atoms in total. The van der Waals surface area contributed by atoms with Crippen LogP contribution >= 0.6 is 90.7 Å². The molecule has 0 aliphatic carbocycles. The Labute approximate surface area is 826 Å². The van der Waals surface area contributed by atoms with E-state index in [0.717, 1.165) is 0 Å². The van der Waals surface area contributed by atoms with Crippen molar-refractivity contribution in [1.82, 2.24) is 17.6 Å². The zero-order valence-corrected chi connectivity index (χ0v) is 80.8. The Kier molecular flexibility index (Phi) is 16.0. The summed E-state index contributed by atoms with van der Waals surface area (Å²) in [5, 5.41) is 48.3. The van der Waals surface area contributed by atoms with E-state index in [2.05, 4.69) is 431 Å². The second-order valence-electron chi connectivity index (χ2n) is 37.4. The van der Waals surface area contributed by atoms with Crippen LogP contribution in [0.15, 0.2) is 413 Å². The minimum atomic E-state index is 1.28. The van der Waals surface area contributed by atoms with Crippen molar-refractivity contribution in [2.75, 3.05) is 0 Å². The molecule has 0 N–H and O–H groups in total. The first-order valence-electron chi connectivity index (χ1n) is 47.4. The normalized spacial score (nSPS) is 12.6. The lowest BCUT2D eigenvalue weighted by atomic mass is 9.98. The van der Waals surface area contributed by atoms with Crippen molar-refractivity contribution in [2.24, 2.45) is 0 Å². The van der Waals surface area contributed by atoms with Gasteiger partial charge < -0.3 is 17.6 Å². The summed E-state index contributed by atoms with van der Waals surface area (Å²) in [6.45, 7) is 0. The molecule has 0 spiro atoms. The molecule has 20 aromatic carbocycles. The molecule has 0 radical (unpaired) electrons. The quantitative estimate of drug-likeness (QED) is 0.135. The van der Waals surface area contributed by atoms with Gasteiger partial charge in [-0.3, -0.25) is 0 Å². The predicted octanol–water partition coefficient (Wildman–Crippen LogP) is 40.5. The molecule has 16 heterocycles. The number of benzene rings is 20. The zero-order chi connectivity index (χ0) is 90.7. The van der Waals surface area contributed by atoms with Crippen molar-refractivity contribution in [2.45, 2.75) is 0 Å². The molecule has 16 aromatic heterocycles. The highest BCUT2D eigenvalue weighted by atomic mass is 32.1.